The van der Waals surface area contributed by atoms with Crippen LogP contribution in [0.4, 0.5) is 4.39 Å². The summed E-state index contributed by atoms with van der Waals surface area (Å²) in [5, 5.41) is 0. The molecule has 5 nitrogen and oxygen atoms in total. The largest absolute Gasteiger partial charge is 0.345 e. The summed E-state index contributed by atoms with van der Waals surface area (Å²) in [6, 6.07) is 10.7. The van der Waals surface area contributed by atoms with E-state index in [0.29, 0.717) is 19.6 Å². The summed E-state index contributed by atoms with van der Waals surface area (Å²) in [4.78, 5) is 29.9. The first kappa shape index (κ1) is 26.3. The Hall–Kier alpha value is -2.34. The third-order valence-electron chi connectivity index (χ3n) is 6.43. The van der Waals surface area contributed by atoms with Gasteiger partial charge in [-0.1, -0.05) is 45.2 Å². The number of rotatable bonds is 11. The number of benzene rings is 1. The molecule has 0 aliphatic heterocycles. The highest BCUT2D eigenvalue weighted by molar-refractivity contribution is 6.18. The summed E-state index contributed by atoms with van der Waals surface area (Å²) < 4.78 is 15.4. The van der Waals surface area contributed by atoms with E-state index in [0.717, 1.165) is 36.9 Å². The molecular formula is C27H37ClFN3O2. The molecule has 1 heterocycles. The summed E-state index contributed by atoms with van der Waals surface area (Å²) in [6.45, 7) is 5.84. The highest BCUT2D eigenvalue weighted by Crippen LogP contribution is 2.25. The van der Waals surface area contributed by atoms with Gasteiger partial charge >= 0.3 is 0 Å². The molecule has 1 saturated carbocycles. The van der Waals surface area contributed by atoms with E-state index in [2.05, 4.69) is 4.57 Å². The smallest absolute Gasteiger partial charge is 0.242 e. The molecule has 1 aliphatic rings. The van der Waals surface area contributed by atoms with Crippen LogP contribution in [0, 0.1) is 11.7 Å². The van der Waals surface area contributed by atoms with Crippen LogP contribution in [0.25, 0.3) is 0 Å². The second kappa shape index (κ2) is 12.9. The van der Waals surface area contributed by atoms with Crippen LogP contribution in [0.1, 0.15) is 63.6 Å². The molecule has 3 rings (SSSR count). The van der Waals surface area contributed by atoms with Gasteiger partial charge in [-0.2, -0.15) is 0 Å². The third kappa shape index (κ3) is 7.59. The number of hydrogen-bond acceptors (Lipinski definition) is 2. The fourth-order valence-electron chi connectivity index (χ4n) is 4.71. The molecular weight excluding hydrogens is 453 g/mol. The number of nitrogens with zero attached hydrogens (tertiary/aromatic N) is 3. The summed E-state index contributed by atoms with van der Waals surface area (Å²) in [7, 11) is 0. The minimum absolute atomic E-state index is 0.00925. The van der Waals surface area contributed by atoms with Crippen molar-refractivity contribution < 1.29 is 14.0 Å². The molecule has 0 radical (unpaired) electrons. The van der Waals surface area contributed by atoms with Crippen molar-refractivity contribution in [1.29, 1.82) is 0 Å². The lowest BCUT2D eigenvalue weighted by Crippen LogP contribution is -2.48. The number of halogens is 2. The zero-order valence-electron chi connectivity index (χ0n) is 20.4. The molecule has 0 atom stereocenters. The van der Waals surface area contributed by atoms with Gasteiger partial charge in [0.1, 0.15) is 5.82 Å². The molecule has 186 valence electrons. The van der Waals surface area contributed by atoms with Gasteiger partial charge in [0.2, 0.25) is 11.8 Å². The van der Waals surface area contributed by atoms with Crippen molar-refractivity contribution in [2.75, 3.05) is 19.0 Å². The Kier molecular flexibility index (Phi) is 10.00. The van der Waals surface area contributed by atoms with Gasteiger partial charge in [-0.05, 0) is 48.6 Å². The molecule has 0 unspecified atom stereocenters. The van der Waals surface area contributed by atoms with E-state index in [1.807, 2.05) is 37.1 Å². The van der Waals surface area contributed by atoms with Gasteiger partial charge in [-0.15, -0.1) is 11.6 Å². The second-order valence-electron chi connectivity index (χ2n) is 9.67. The van der Waals surface area contributed by atoms with Crippen LogP contribution in [0.15, 0.2) is 42.6 Å². The Morgan fingerprint density at radius 1 is 1.09 bits per heavy atom. The van der Waals surface area contributed by atoms with Crippen molar-refractivity contribution in [2.45, 2.75) is 71.5 Å². The first-order chi connectivity index (χ1) is 16.4. The third-order valence-corrected chi connectivity index (χ3v) is 6.62. The molecule has 0 N–H and O–H groups in total. The Bertz CT molecular complexity index is 922. The lowest BCUT2D eigenvalue weighted by molar-refractivity contribution is -0.143. The quantitative estimate of drug-likeness (QED) is 0.394. The Morgan fingerprint density at radius 2 is 1.79 bits per heavy atom. The van der Waals surface area contributed by atoms with Crippen LogP contribution in [-0.2, 0) is 22.7 Å². The van der Waals surface area contributed by atoms with E-state index in [-0.39, 0.29) is 48.4 Å². The van der Waals surface area contributed by atoms with Gasteiger partial charge in [-0.25, -0.2) is 4.39 Å². The van der Waals surface area contributed by atoms with E-state index in [9.17, 15) is 14.0 Å². The zero-order valence-corrected chi connectivity index (χ0v) is 21.1. The minimum atomic E-state index is -0.250. The van der Waals surface area contributed by atoms with E-state index in [1.54, 1.807) is 17.0 Å². The molecule has 1 aromatic carbocycles. The van der Waals surface area contributed by atoms with Crippen molar-refractivity contribution in [3.05, 3.63) is 59.7 Å². The molecule has 0 saturated heterocycles. The lowest BCUT2D eigenvalue weighted by Gasteiger charge is -2.36. The monoisotopic (exact) mass is 489 g/mol. The normalized spacial score (nSPS) is 14.4. The highest BCUT2D eigenvalue weighted by Gasteiger charge is 2.29. The molecule has 0 spiro atoms. The molecule has 7 heteroatoms. The lowest BCUT2D eigenvalue weighted by atomic mass is 9.94. The van der Waals surface area contributed by atoms with Crippen molar-refractivity contribution >= 4 is 23.4 Å². The van der Waals surface area contributed by atoms with Gasteiger partial charge in [0.05, 0.1) is 13.1 Å². The van der Waals surface area contributed by atoms with Crippen LogP contribution in [0.3, 0.4) is 0 Å². The van der Waals surface area contributed by atoms with Crippen molar-refractivity contribution in [3.63, 3.8) is 0 Å². The SMILES string of the molecule is CC(C)CN(CC(=O)N(Cc1cccn1Cc1ccc(F)cc1)C1CCCCC1)C(=O)CCCl. The Morgan fingerprint density at radius 3 is 2.44 bits per heavy atom. The maximum atomic E-state index is 13.6. The maximum Gasteiger partial charge on any atom is 0.242 e. The van der Waals surface area contributed by atoms with Gasteiger partial charge in [0, 0.05) is 43.3 Å². The first-order valence-electron chi connectivity index (χ1n) is 12.4. The predicted octanol–water partition coefficient (Wildman–Crippen LogP) is 5.45. The number of alkyl halides is 1. The Balaban J connectivity index is 1.78. The van der Waals surface area contributed by atoms with E-state index < -0.39 is 0 Å². The van der Waals surface area contributed by atoms with Gasteiger partial charge in [-0.3, -0.25) is 9.59 Å². The maximum absolute atomic E-state index is 13.6. The van der Waals surface area contributed by atoms with E-state index in [4.69, 9.17) is 11.6 Å². The van der Waals surface area contributed by atoms with Gasteiger partial charge in [0.25, 0.3) is 0 Å². The van der Waals surface area contributed by atoms with Gasteiger partial charge in [0.15, 0.2) is 0 Å². The number of carbonyl (C=O) groups is 2. The van der Waals surface area contributed by atoms with Crippen LogP contribution in [0.5, 0.6) is 0 Å². The zero-order chi connectivity index (χ0) is 24.5. The van der Waals surface area contributed by atoms with Crippen molar-refractivity contribution in [1.82, 2.24) is 14.4 Å². The summed E-state index contributed by atoms with van der Waals surface area (Å²) in [5.74, 6) is 0.193. The standard InChI is InChI=1S/C27H37ClFN3O2/c1-21(2)17-31(26(33)14-15-28)20-27(34)32(24-7-4-3-5-8-24)19-25-9-6-16-30(25)18-22-10-12-23(29)13-11-22/h6,9-13,16,21,24H,3-5,7-8,14-15,17-20H2,1-2H3. The summed E-state index contributed by atoms with van der Waals surface area (Å²) >= 11 is 5.82. The molecule has 1 fully saturated rings. The predicted molar refractivity (Wildman–Crippen MR) is 134 cm³/mol. The summed E-state index contributed by atoms with van der Waals surface area (Å²) in [5.41, 5.74) is 2.04. The fraction of sp³-hybridized carbons (Fsp3) is 0.556. The van der Waals surface area contributed by atoms with Crippen LogP contribution in [-0.4, -0.2) is 51.2 Å². The average Bonchev–Trinajstić information content (AvgIpc) is 3.25. The van der Waals surface area contributed by atoms with Gasteiger partial charge < -0.3 is 14.4 Å². The minimum Gasteiger partial charge on any atom is -0.345 e. The molecule has 0 bridgehead atoms. The highest BCUT2D eigenvalue weighted by atomic mass is 35.5. The molecule has 2 amide bonds. The number of amides is 2. The summed E-state index contributed by atoms with van der Waals surface area (Å²) in [6.07, 6.45) is 7.65. The number of aromatic nitrogens is 1. The molecule has 1 aliphatic carbocycles. The Labute approximate surface area is 207 Å². The first-order valence-corrected chi connectivity index (χ1v) is 12.9. The molecule has 34 heavy (non-hydrogen) atoms. The van der Waals surface area contributed by atoms with E-state index >= 15 is 0 Å². The number of hydrogen-bond donors (Lipinski definition) is 0. The van der Waals surface area contributed by atoms with Crippen LogP contribution >= 0.6 is 11.6 Å². The molecule has 1 aromatic heterocycles. The fourth-order valence-corrected chi connectivity index (χ4v) is 4.87. The second-order valence-corrected chi connectivity index (χ2v) is 10.1. The van der Waals surface area contributed by atoms with Crippen molar-refractivity contribution in [2.24, 2.45) is 5.92 Å². The van der Waals surface area contributed by atoms with E-state index in [1.165, 1.54) is 18.6 Å². The average molecular weight is 490 g/mol. The topological polar surface area (TPSA) is 45.6 Å². The van der Waals surface area contributed by atoms with Crippen LogP contribution < -0.4 is 0 Å². The van der Waals surface area contributed by atoms with Crippen molar-refractivity contribution in [3.8, 4) is 0 Å². The number of carbonyl (C=O) groups excluding carboxylic acids is 2. The van der Waals surface area contributed by atoms with Crippen LogP contribution in [0.2, 0.25) is 0 Å². The molecule has 2 aromatic rings.